The average Bonchev–Trinajstić information content (AvgIpc) is 2.92. The Morgan fingerprint density at radius 1 is 1.19 bits per heavy atom. The summed E-state index contributed by atoms with van der Waals surface area (Å²) in [4.78, 5) is 0. The van der Waals surface area contributed by atoms with Crippen molar-refractivity contribution in [3.8, 4) is 24.0 Å². The Morgan fingerprint density at radius 3 is 2.63 bits per heavy atom. The Hall–Kier alpha value is -3.08. The minimum atomic E-state index is -1.90. The van der Waals surface area contributed by atoms with Gasteiger partial charge in [-0.25, -0.2) is 0 Å². The van der Waals surface area contributed by atoms with Crippen LogP contribution in [-0.4, -0.2) is 18.8 Å². The zero-order valence-electron chi connectivity index (χ0n) is 14.9. The van der Waals surface area contributed by atoms with Gasteiger partial charge in [-0.15, -0.1) is 0 Å². The molecule has 2 aliphatic heterocycles. The molecule has 1 N–H and O–H groups in total. The topological polar surface area (TPSA) is 123 Å². The molecule has 2 heterocycles. The van der Waals surface area contributed by atoms with E-state index in [1.54, 1.807) is 24.3 Å². The van der Waals surface area contributed by atoms with Crippen LogP contribution in [0.15, 0.2) is 24.3 Å². The molecule has 1 aliphatic carbocycles. The van der Waals surface area contributed by atoms with Crippen LogP contribution in [0, 0.1) is 56.2 Å². The van der Waals surface area contributed by atoms with E-state index in [4.69, 9.17) is 19.6 Å². The molecule has 1 aromatic rings. The smallest absolute Gasteiger partial charge is 0.217 e. The van der Waals surface area contributed by atoms with E-state index in [1.165, 1.54) is 7.11 Å². The minimum Gasteiger partial charge on any atom is -0.497 e. The van der Waals surface area contributed by atoms with Crippen LogP contribution in [0.1, 0.15) is 37.4 Å². The van der Waals surface area contributed by atoms with Gasteiger partial charge in [0.05, 0.1) is 31.2 Å². The first-order valence-electron chi connectivity index (χ1n) is 8.87. The Balaban J connectivity index is 1.99. The number of benzene rings is 1. The number of methoxy groups -OCH3 is 1. The molecule has 27 heavy (non-hydrogen) atoms. The van der Waals surface area contributed by atoms with Crippen LogP contribution in [0.3, 0.4) is 0 Å². The van der Waals surface area contributed by atoms with Gasteiger partial charge in [0, 0.05) is 6.42 Å². The molecule has 7 nitrogen and oxygen atoms in total. The third kappa shape index (κ3) is 1.89. The first kappa shape index (κ1) is 17.3. The van der Waals surface area contributed by atoms with Gasteiger partial charge in [-0.2, -0.15) is 15.8 Å². The molecule has 4 atom stereocenters. The van der Waals surface area contributed by atoms with Crippen molar-refractivity contribution in [2.24, 2.45) is 16.7 Å². The second-order valence-electron chi connectivity index (χ2n) is 7.27. The van der Waals surface area contributed by atoms with Crippen molar-refractivity contribution >= 4 is 5.90 Å². The fourth-order valence-electron chi connectivity index (χ4n) is 4.97. The molecule has 1 aromatic carbocycles. The highest BCUT2D eigenvalue weighted by atomic mass is 16.7. The third-order valence-electron chi connectivity index (χ3n) is 6.21. The number of rotatable bonds is 2. The normalized spacial score (nSPS) is 35.7. The summed E-state index contributed by atoms with van der Waals surface area (Å²) in [5.41, 5.74) is -3.00. The van der Waals surface area contributed by atoms with E-state index in [0.29, 0.717) is 24.2 Å². The Bertz CT molecular complexity index is 926. The SMILES string of the molecule is COc1cccc([C@@H]2O[C@@]34CCCC[C@H]3[C@](C#N)(C(=N)O4)C2(C#N)C#N)c1. The Labute approximate surface area is 157 Å². The summed E-state index contributed by atoms with van der Waals surface area (Å²) < 4.78 is 17.4. The van der Waals surface area contributed by atoms with E-state index in [2.05, 4.69) is 18.2 Å². The third-order valence-corrected chi connectivity index (χ3v) is 6.21. The summed E-state index contributed by atoms with van der Waals surface area (Å²) in [6.07, 6.45) is 1.75. The average molecular weight is 362 g/mol. The highest BCUT2D eigenvalue weighted by molar-refractivity contribution is 5.89. The summed E-state index contributed by atoms with van der Waals surface area (Å²) in [6.45, 7) is 0. The van der Waals surface area contributed by atoms with Crippen LogP contribution in [0.5, 0.6) is 5.75 Å². The molecule has 2 bridgehead atoms. The van der Waals surface area contributed by atoms with Gasteiger partial charge < -0.3 is 14.2 Å². The lowest BCUT2D eigenvalue weighted by Crippen LogP contribution is -2.60. The van der Waals surface area contributed by atoms with Crippen molar-refractivity contribution in [1.82, 2.24) is 0 Å². The van der Waals surface area contributed by atoms with Crippen molar-refractivity contribution < 1.29 is 14.2 Å². The molecule has 3 fully saturated rings. The predicted octanol–water partition coefficient (Wildman–Crippen LogP) is 3.20. The van der Waals surface area contributed by atoms with E-state index < -0.39 is 28.6 Å². The number of nitrogens with one attached hydrogen (secondary N) is 1. The van der Waals surface area contributed by atoms with Crippen LogP contribution in [0.4, 0.5) is 0 Å². The van der Waals surface area contributed by atoms with Crippen molar-refractivity contribution in [2.75, 3.05) is 7.11 Å². The molecule has 136 valence electrons. The summed E-state index contributed by atoms with van der Waals surface area (Å²) in [7, 11) is 1.53. The van der Waals surface area contributed by atoms with Crippen molar-refractivity contribution in [2.45, 2.75) is 37.6 Å². The zero-order chi connectivity index (χ0) is 19.3. The molecule has 1 saturated carbocycles. The van der Waals surface area contributed by atoms with Gasteiger partial charge in [-0.3, -0.25) is 5.41 Å². The fourth-order valence-corrected chi connectivity index (χ4v) is 4.97. The Morgan fingerprint density at radius 2 is 1.96 bits per heavy atom. The summed E-state index contributed by atoms with van der Waals surface area (Å²) >= 11 is 0. The van der Waals surface area contributed by atoms with Crippen LogP contribution in [-0.2, 0) is 9.47 Å². The van der Waals surface area contributed by atoms with Gasteiger partial charge in [-0.05, 0) is 30.5 Å². The second-order valence-corrected chi connectivity index (χ2v) is 7.27. The predicted molar refractivity (Wildman–Crippen MR) is 92.0 cm³/mol. The molecule has 7 heteroatoms. The molecule has 2 saturated heterocycles. The van der Waals surface area contributed by atoms with Crippen LogP contribution < -0.4 is 4.74 Å². The van der Waals surface area contributed by atoms with Crippen LogP contribution >= 0.6 is 0 Å². The number of ether oxygens (including phenoxy) is 3. The fraction of sp³-hybridized carbons (Fsp3) is 0.500. The lowest BCUT2D eigenvalue weighted by Gasteiger charge is -2.51. The van der Waals surface area contributed by atoms with Gasteiger partial charge in [-0.1, -0.05) is 18.6 Å². The maximum Gasteiger partial charge on any atom is 0.217 e. The van der Waals surface area contributed by atoms with Crippen molar-refractivity contribution in [3.05, 3.63) is 29.8 Å². The molecule has 0 unspecified atom stereocenters. The Kier molecular flexibility index (Phi) is 3.67. The van der Waals surface area contributed by atoms with Gasteiger partial charge in [0.1, 0.15) is 11.9 Å². The molecule has 0 spiro atoms. The molecule has 3 aliphatic rings. The number of nitrogens with zero attached hydrogens (tertiary/aromatic N) is 3. The van der Waals surface area contributed by atoms with Gasteiger partial charge in [0.15, 0.2) is 5.41 Å². The highest BCUT2D eigenvalue weighted by Crippen LogP contribution is 2.69. The highest BCUT2D eigenvalue weighted by Gasteiger charge is 2.80. The van der Waals surface area contributed by atoms with Gasteiger partial charge in [0.25, 0.3) is 0 Å². The van der Waals surface area contributed by atoms with Gasteiger partial charge >= 0.3 is 0 Å². The molecule has 0 aromatic heterocycles. The van der Waals surface area contributed by atoms with Crippen molar-refractivity contribution in [1.29, 1.82) is 21.2 Å². The standard InChI is InChI=1S/C20H18N4O3/c1-25-14-6-4-5-13(9-14)16-18(10-21,11-22)19(12-23)15-7-2-3-8-20(15,26-16)27-17(19)24/h4-6,9,15-16,24H,2-3,7-8H2,1H3/t15-,16-,19+,20+/m0/s1. The molecular formula is C20H18N4O3. The minimum absolute atomic E-state index is 0.328. The lowest BCUT2D eigenvalue weighted by molar-refractivity contribution is -0.294. The van der Waals surface area contributed by atoms with Gasteiger partial charge in [0.2, 0.25) is 17.1 Å². The molecule has 4 rings (SSSR count). The van der Waals surface area contributed by atoms with Crippen molar-refractivity contribution in [3.63, 3.8) is 0 Å². The maximum atomic E-state index is 10.2. The summed E-state index contributed by atoms with van der Waals surface area (Å²) in [5, 5.41) is 38.9. The first-order valence-corrected chi connectivity index (χ1v) is 8.87. The van der Waals surface area contributed by atoms with E-state index in [1.807, 2.05) is 0 Å². The number of nitriles is 3. The van der Waals surface area contributed by atoms with E-state index >= 15 is 0 Å². The molecule has 0 radical (unpaired) electrons. The van der Waals surface area contributed by atoms with E-state index in [9.17, 15) is 15.8 Å². The van der Waals surface area contributed by atoms with Crippen LogP contribution in [0.2, 0.25) is 0 Å². The maximum absolute atomic E-state index is 10.2. The first-order chi connectivity index (χ1) is 13.0. The summed E-state index contributed by atoms with van der Waals surface area (Å²) in [6, 6.07) is 13.2. The number of hydrogen-bond donors (Lipinski definition) is 1. The zero-order valence-corrected chi connectivity index (χ0v) is 14.9. The van der Waals surface area contributed by atoms with E-state index in [0.717, 1.165) is 12.8 Å². The summed E-state index contributed by atoms with van der Waals surface area (Å²) in [5.74, 6) is -1.43. The lowest BCUT2D eigenvalue weighted by atomic mass is 9.51. The monoisotopic (exact) mass is 362 g/mol. The van der Waals surface area contributed by atoms with E-state index in [-0.39, 0.29) is 5.90 Å². The molecular weight excluding hydrogens is 344 g/mol. The van der Waals surface area contributed by atoms with Crippen LogP contribution in [0.25, 0.3) is 0 Å². The quantitative estimate of drug-likeness (QED) is 0.861. The number of hydrogen-bond acceptors (Lipinski definition) is 7. The second kappa shape index (κ2) is 5.71. The largest absolute Gasteiger partial charge is 0.497 e. The molecule has 0 amide bonds.